The lowest BCUT2D eigenvalue weighted by Gasteiger charge is -2.07. The second kappa shape index (κ2) is 4.97. The Hall–Kier alpha value is -2.34. The summed E-state index contributed by atoms with van der Waals surface area (Å²) < 4.78 is 6.87. The molecule has 0 aliphatic carbocycles. The van der Waals surface area contributed by atoms with Crippen LogP contribution in [0.4, 0.5) is 0 Å². The highest BCUT2D eigenvalue weighted by atomic mass is 35.5. The normalized spacial score (nSPS) is 10.9. The maximum Gasteiger partial charge on any atom is 0.332 e. The van der Waals surface area contributed by atoms with Crippen molar-refractivity contribution < 1.29 is 4.74 Å². The number of fused-ring (bicyclic) bond motifs is 1. The van der Waals surface area contributed by atoms with Crippen LogP contribution in [0.5, 0.6) is 5.75 Å². The molecule has 20 heavy (non-hydrogen) atoms. The average molecular weight is 291 g/mol. The quantitative estimate of drug-likeness (QED) is 0.750. The highest BCUT2D eigenvalue weighted by Crippen LogP contribution is 2.22. The van der Waals surface area contributed by atoms with Crippen molar-refractivity contribution in [1.29, 1.82) is 0 Å². The second-order valence-electron chi connectivity index (χ2n) is 4.06. The zero-order chi connectivity index (χ0) is 14.1. The van der Waals surface area contributed by atoms with Crippen LogP contribution in [-0.4, -0.2) is 26.1 Å². The summed E-state index contributed by atoms with van der Waals surface area (Å²) in [6, 6.07) is 7.19. The SMILES string of the molecule is CCOc1cccc(-n2c(=O)[nH]c3ncnc(Cl)c32)c1. The van der Waals surface area contributed by atoms with E-state index in [1.54, 1.807) is 12.1 Å². The van der Waals surface area contributed by atoms with Crippen molar-refractivity contribution in [3.8, 4) is 11.4 Å². The summed E-state index contributed by atoms with van der Waals surface area (Å²) >= 11 is 6.06. The highest BCUT2D eigenvalue weighted by molar-refractivity contribution is 6.33. The Bertz CT molecular complexity index is 825. The molecule has 1 N–H and O–H groups in total. The second-order valence-corrected chi connectivity index (χ2v) is 4.42. The number of benzene rings is 1. The third-order valence-corrected chi connectivity index (χ3v) is 3.09. The smallest absolute Gasteiger partial charge is 0.332 e. The molecule has 2 heterocycles. The van der Waals surface area contributed by atoms with Gasteiger partial charge in [0.25, 0.3) is 0 Å². The number of nitrogens with one attached hydrogen (secondary N) is 1. The highest BCUT2D eigenvalue weighted by Gasteiger charge is 2.14. The molecule has 3 aromatic rings. The lowest BCUT2D eigenvalue weighted by atomic mass is 10.3. The van der Waals surface area contributed by atoms with E-state index in [1.165, 1.54) is 10.9 Å². The molecule has 0 radical (unpaired) electrons. The molecule has 0 fully saturated rings. The fourth-order valence-electron chi connectivity index (χ4n) is 2.03. The van der Waals surface area contributed by atoms with Gasteiger partial charge in [0.05, 0.1) is 12.3 Å². The van der Waals surface area contributed by atoms with Crippen LogP contribution in [0.25, 0.3) is 16.9 Å². The topological polar surface area (TPSA) is 72.8 Å². The average Bonchev–Trinajstić information content (AvgIpc) is 2.77. The zero-order valence-electron chi connectivity index (χ0n) is 10.6. The van der Waals surface area contributed by atoms with E-state index in [0.717, 1.165) is 0 Å². The fourth-order valence-corrected chi connectivity index (χ4v) is 2.25. The van der Waals surface area contributed by atoms with Crippen LogP contribution in [0.1, 0.15) is 6.92 Å². The molecule has 0 saturated heterocycles. The molecule has 102 valence electrons. The van der Waals surface area contributed by atoms with Crippen LogP contribution in [0, 0.1) is 0 Å². The number of imidazole rings is 1. The van der Waals surface area contributed by atoms with Gasteiger partial charge >= 0.3 is 5.69 Å². The minimum absolute atomic E-state index is 0.218. The Morgan fingerprint density at radius 3 is 3.05 bits per heavy atom. The minimum Gasteiger partial charge on any atom is -0.494 e. The zero-order valence-corrected chi connectivity index (χ0v) is 11.4. The number of halogens is 1. The minimum atomic E-state index is -0.323. The Morgan fingerprint density at radius 1 is 1.40 bits per heavy atom. The molecule has 0 unspecified atom stereocenters. The van der Waals surface area contributed by atoms with Gasteiger partial charge in [-0.1, -0.05) is 17.7 Å². The summed E-state index contributed by atoms with van der Waals surface area (Å²) in [5.41, 5.74) is 1.17. The molecular weight excluding hydrogens is 280 g/mol. The van der Waals surface area contributed by atoms with Gasteiger partial charge in [-0.15, -0.1) is 0 Å². The molecule has 0 spiro atoms. The third-order valence-electron chi connectivity index (χ3n) is 2.82. The van der Waals surface area contributed by atoms with Gasteiger partial charge in [0, 0.05) is 6.07 Å². The van der Waals surface area contributed by atoms with Crippen LogP contribution >= 0.6 is 11.6 Å². The van der Waals surface area contributed by atoms with Crippen LogP contribution in [0.3, 0.4) is 0 Å². The maximum atomic E-state index is 12.1. The van der Waals surface area contributed by atoms with Gasteiger partial charge in [-0.3, -0.25) is 9.55 Å². The first-order chi connectivity index (χ1) is 9.70. The summed E-state index contributed by atoms with van der Waals surface area (Å²) in [5, 5.41) is 0.218. The summed E-state index contributed by atoms with van der Waals surface area (Å²) in [4.78, 5) is 22.7. The lowest BCUT2D eigenvalue weighted by molar-refractivity contribution is 0.340. The van der Waals surface area contributed by atoms with Crippen molar-refractivity contribution in [3.63, 3.8) is 0 Å². The van der Waals surface area contributed by atoms with Gasteiger partial charge in [-0.05, 0) is 19.1 Å². The van der Waals surface area contributed by atoms with Crippen LogP contribution in [0.2, 0.25) is 5.15 Å². The number of hydrogen-bond acceptors (Lipinski definition) is 4. The van der Waals surface area contributed by atoms with Gasteiger partial charge in [0.15, 0.2) is 10.8 Å². The largest absolute Gasteiger partial charge is 0.494 e. The van der Waals surface area contributed by atoms with Crippen molar-refractivity contribution >= 4 is 22.8 Å². The molecule has 0 bridgehead atoms. The third kappa shape index (κ3) is 2.04. The molecule has 0 amide bonds. The molecule has 0 aliphatic heterocycles. The van der Waals surface area contributed by atoms with E-state index in [-0.39, 0.29) is 10.8 Å². The van der Waals surface area contributed by atoms with Crippen molar-refractivity contribution in [3.05, 3.63) is 46.2 Å². The number of nitrogens with zero attached hydrogens (tertiary/aromatic N) is 3. The Balaban J connectivity index is 2.26. The van der Waals surface area contributed by atoms with Crippen molar-refractivity contribution in [2.24, 2.45) is 0 Å². The predicted molar refractivity (Wildman–Crippen MR) is 75.7 cm³/mol. The molecule has 0 atom stereocenters. The van der Waals surface area contributed by atoms with Crippen molar-refractivity contribution in [2.75, 3.05) is 6.61 Å². The van der Waals surface area contributed by atoms with Crippen LogP contribution in [0.15, 0.2) is 35.4 Å². The van der Waals surface area contributed by atoms with E-state index in [4.69, 9.17) is 16.3 Å². The van der Waals surface area contributed by atoms with Crippen LogP contribution < -0.4 is 10.4 Å². The Kier molecular flexibility index (Phi) is 3.15. The van der Waals surface area contributed by atoms with Gasteiger partial charge in [-0.25, -0.2) is 14.8 Å². The predicted octanol–water partition coefficient (Wildman–Crippen LogP) is 2.16. The Labute approximate surface area is 119 Å². The first-order valence-corrected chi connectivity index (χ1v) is 6.43. The number of aromatic amines is 1. The molecule has 0 aliphatic rings. The van der Waals surface area contributed by atoms with E-state index < -0.39 is 0 Å². The maximum absolute atomic E-state index is 12.1. The molecule has 6 nitrogen and oxygen atoms in total. The standard InChI is InChI=1S/C13H11ClN4O2/c1-2-20-9-5-3-4-8(6-9)18-10-11(14)15-7-16-12(10)17-13(18)19/h3-7H,2H2,1H3,(H,15,16,17,19). The number of H-pyrrole nitrogens is 1. The molecule has 3 rings (SSSR count). The fraction of sp³-hybridized carbons (Fsp3) is 0.154. The molecule has 1 aromatic carbocycles. The Morgan fingerprint density at radius 2 is 2.25 bits per heavy atom. The van der Waals surface area contributed by atoms with E-state index in [2.05, 4.69) is 15.0 Å². The van der Waals surface area contributed by atoms with E-state index >= 15 is 0 Å². The summed E-state index contributed by atoms with van der Waals surface area (Å²) in [6.07, 6.45) is 1.31. The van der Waals surface area contributed by atoms with Gasteiger partial charge < -0.3 is 4.74 Å². The molecular formula is C13H11ClN4O2. The summed E-state index contributed by atoms with van der Waals surface area (Å²) in [6.45, 7) is 2.45. The number of rotatable bonds is 3. The van der Waals surface area contributed by atoms with Gasteiger partial charge in [-0.2, -0.15) is 0 Å². The van der Waals surface area contributed by atoms with Crippen molar-refractivity contribution in [1.82, 2.24) is 19.5 Å². The molecule has 0 saturated carbocycles. The van der Waals surface area contributed by atoms with Crippen molar-refractivity contribution in [2.45, 2.75) is 6.92 Å². The number of ether oxygens (including phenoxy) is 1. The summed E-state index contributed by atoms with van der Waals surface area (Å²) in [5.74, 6) is 0.680. The molecule has 7 heteroatoms. The summed E-state index contributed by atoms with van der Waals surface area (Å²) in [7, 11) is 0. The first kappa shape index (κ1) is 12.7. The van der Waals surface area contributed by atoms with E-state index in [9.17, 15) is 4.79 Å². The lowest BCUT2D eigenvalue weighted by Crippen LogP contribution is -2.14. The van der Waals surface area contributed by atoms with Gasteiger partial charge in [0.2, 0.25) is 0 Å². The van der Waals surface area contributed by atoms with E-state index in [1.807, 2.05) is 19.1 Å². The molecule has 2 aromatic heterocycles. The van der Waals surface area contributed by atoms with Crippen LogP contribution in [-0.2, 0) is 0 Å². The first-order valence-electron chi connectivity index (χ1n) is 6.05. The number of hydrogen-bond donors (Lipinski definition) is 1. The van der Waals surface area contributed by atoms with E-state index in [0.29, 0.717) is 29.2 Å². The van der Waals surface area contributed by atoms with Gasteiger partial charge in [0.1, 0.15) is 17.6 Å². The number of aromatic nitrogens is 4. The monoisotopic (exact) mass is 290 g/mol.